The number of rotatable bonds is 7. The quantitative estimate of drug-likeness (QED) is 0.447. The second kappa shape index (κ2) is 10.1. The normalized spacial score (nSPS) is 19.1. The van der Waals surface area contributed by atoms with Crippen molar-refractivity contribution in [2.75, 3.05) is 16.0 Å². The van der Waals surface area contributed by atoms with Gasteiger partial charge in [0.1, 0.15) is 11.5 Å². The molecule has 0 aliphatic carbocycles. The lowest BCUT2D eigenvalue weighted by Gasteiger charge is -2.14. The SMILES string of the molecule is CC(=O)Nc1ccc(CN=C2SC(Nc3ccc(NC(C)=O)cc3)NC2C(N)=O)cc1. The molecule has 0 spiro atoms. The molecule has 1 fully saturated rings. The standard InChI is InChI=1S/C21H24N6O3S/c1-12(28)24-15-5-3-14(4-6-15)11-23-20-18(19(22)30)27-21(31-20)26-17-9-7-16(8-10-17)25-13(2)29/h3-10,18,21,26-27H,11H2,1-2H3,(H2,22,30)(H,24,28)(H,25,29). The van der Waals surface area contributed by atoms with E-state index in [-0.39, 0.29) is 17.3 Å². The minimum absolute atomic E-state index is 0.131. The van der Waals surface area contributed by atoms with E-state index in [9.17, 15) is 14.4 Å². The van der Waals surface area contributed by atoms with Crippen molar-refractivity contribution in [1.82, 2.24) is 5.32 Å². The van der Waals surface area contributed by atoms with Crippen LogP contribution in [0.2, 0.25) is 0 Å². The van der Waals surface area contributed by atoms with Crippen LogP contribution in [0.4, 0.5) is 17.1 Å². The van der Waals surface area contributed by atoms with Crippen LogP contribution in [0.5, 0.6) is 0 Å². The van der Waals surface area contributed by atoms with Gasteiger partial charge in [-0.15, -0.1) is 0 Å². The predicted octanol–water partition coefficient (Wildman–Crippen LogP) is 2.09. The summed E-state index contributed by atoms with van der Waals surface area (Å²) in [5, 5.41) is 12.4. The van der Waals surface area contributed by atoms with Gasteiger partial charge in [0, 0.05) is 30.9 Å². The van der Waals surface area contributed by atoms with Crippen LogP contribution in [-0.2, 0) is 20.9 Å². The van der Waals surface area contributed by atoms with Crippen LogP contribution in [0.1, 0.15) is 19.4 Å². The molecule has 0 aromatic heterocycles. The first-order valence-electron chi connectivity index (χ1n) is 9.57. The molecule has 3 amide bonds. The highest BCUT2D eigenvalue weighted by Gasteiger charge is 2.34. The van der Waals surface area contributed by atoms with E-state index in [1.54, 1.807) is 24.3 Å². The van der Waals surface area contributed by atoms with Crippen LogP contribution in [-0.4, -0.2) is 34.3 Å². The van der Waals surface area contributed by atoms with Crippen molar-refractivity contribution in [1.29, 1.82) is 0 Å². The molecule has 6 N–H and O–H groups in total. The Kier molecular flexibility index (Phi) is 7.27. The molecular formula is C21H24N6O3S. The molecule has 1 aliphatic heterocycles. The molecule has 0 saturated carbocycles. The molecule has 3 rings (SSSR count). The fourth-order valence-corrected chi connectivity index (χ4v) is 4.02. The molecule has 0 radical (unpaired) electrons. The summed E-state index contributed by atoms with van der Waals surface area (Å²) in [4.78, 5) is 38.7. The number of hydrogen-bond acceptors (Lipinski definition) is 7. The maximum absolute atomic E-state index is 11.9. The first-order valence-corrected chi connectivity index (χ1v) is 10.5. The Hall–Kier alpha value is -3.37. The van der Waals surface area contributed by atoms with Gasteiger partial charge >= 0.3 is 0 Å². The Bertz CT molecular complexity index is 991. The number of amides is 3. The summed E-state index contributed by atoms with van der Waals surface area (Å²) >= 11 is 1.39. The van der Waals surface area contributed by atoms with E-state index in [0.717, 1.165) is 11.3 Å². The van der Waals surface area contributed by atoms with Crippen molar-refractivity contribution in [2.45, 2.75) is 31.9 Å². The van der Waals surface area contributed by atoms with Gasteiger partial charge in [-0.05, 0) is 42.0 Å². The number of nitrogens with one attached hydrogen (secondary N) is 4. The summed E-state index contributed by atoms with van der Waals surface area (Å²) in [6, 6.07) is 13.9. The number of nitrogens with two attached hydrogens (primary N) is 1. The number of thioether (sulfide) groups is 1. The number of carbonyl (C=O) groups is 3. The zero-order valence-electron chi connectivity index (χ0n) is 17.1. The summed E-state index contributed by atoms with van der Waals surface area (Å²) in [6.45, 7) is 3.29. The minimum Gasteiger partial charge on any atom is -0.368 e. The Morgan fingerprint density at radius 2 is 1.45 bits per heavy atom. The summed E-state index contributed by atoms with van der Waals surface area (Å²) in [6.07, 6.45) is 0. The Morgan fingerprint density at radius 3 is 1.97 bits per heavy atom. The van der Waals surface area contributed by atoms with Crippen LogP contribution in [0, 0.1) is 0 Å². The van der Waals surface area contributed by atoms with Crippen LogP contribution in [0.25, 0.3) is 0 Å². The van der Waals surface area contributed by atoms with Gasteiger partial charge in [-0.3, -0.25) is 24.7 Å². The van der Waals surface area contributed by atoms with Crippen molar-refractivity contribution < 1.29 is 14.4 Å². The Labute approximate surface area is 184 Å². The second-order valence-corrected chi connectivity index (χ2v) is 8.06. The van der Waals surface area contributed by atoms with Gasteiger partial charge in [0.05, 0.1) is 11.6 Å². The zero-order chi connectivity index (χ0) is 22.4. The van der Waals surface area contributed by atoms with Gasteiger partial charge in [0.15, 0.2) is 0 Å². The van der Waals surface area contributed by atoms with Crippen molar-refractivity contribution in [2.24, 2.45) is 10.7 Å². The molecular weight excluding hydrogens is 416 g/mol. The van der Waals surface area contributed by atoms with Gasteiger partial charge in [-0.1, -0.05) is 23.9 Å². The van der Waals surface area contributed by atoms with E-state index in [4.69, 9.17) is 5.73 Å². The first kappa shape index (κ1) is 22.3. The maximum atomic E-state index is 11.9. The topological polar surface area (TPSA) is 138 Å². The maximum Gasteiger partial charge on any atom is 0.241 e. The number of benzene rings is 2. The van der Waals surface area contributed by atoms with Gasteiger partial charge in [0.2, 0.25) is 17.7 Å². The highest BCUT2D eigenvalue weighted by Crippen LogP contribution is 2.25. The number of primary amides is 1. The van der Waals surface area contributed by atoms with Crippen LogP contribution >= 0.6 is 11.8 Å². The molecule has 31 heavy (non-hydrogen) atoms. The molecule has 9 nitrogen and oxygen atoms in total. The van der Waals surface area contributed by atoms with Crippen LogP contribution < -0.4 is 27.0 Å². The second-order valence-electron chi connectivity index (χ2n) is 6.94. The number of carbonyl (C=O) groups excluding carboxylic acids is 3. The minimum atomic E-state index is -0.681. The molecule has 2 atom stereocenters. The predicted molar refractivity (Wildman–Crippen MR) is 124 cm³/mol. The van der Waals surface area contributed by atoms with Crippen molar-refractivity contribution in [3.63, 3.8) is 0 Å². The highest BCUT2D eigenvalue weighted by molar-refractivity contribution is 8.15. The third-order valence-electron chi connectivity index (χ3n) is 4.28. The number of anilines is 3. The molecule has 10 heteroatoms. The van der Waals surface area contributed by atoms with E-state index < -0.39 is 11.9 Å². The molecule has 1 aliphatic rings. The van der Waals surface area contributed by atoms with Crippen LogP contribution in [0.3, 0.4) is 0 Å². The fourth-order valence-electron chi connectivity index (χ4n) is 2.92. The molecule has 2 aromatic carbocycles. The third kappa shape index (κ3) is 6.56. The summed E-state index contributed by atoms with van der Waals surface area (Å²) in [5.74, 6) is -0.768. The fraction of sp³-hybridized carbons (Fsp3) is 0.238. The van der Waals surface area contributed by atoms with E-state index in [1.807, 2.05) is 24.3 Å². The molecule has 2 aromatic rings. The van der Waals surface area contributed by atoms with Gasteiger partial charge in [-0.2, -0.15) is 0 Å². The lowest BCUT2D eigenvalue weighted by atomic mass is 10.2. The lowest BCUT2D eigenvalue weighted by Crippen LogP contribution is -2.44. The number of aliphatic imine (C=N–C) groups is 1. The highest BCUT2D eigenvalue weighted by atomic mass is 32.2. The number of nitrogens with zero attached hydrogens (tertiary/aromatic N) is 1. The summed E-state index contributed by atoms with van der Waals surface area (Å²) in [7, 11) is 0. The van der Waals surface area contributed by atoms with Crippen molar-refractivity contribution in [3.05, 3.63) is 54.1 Å². The Morgan fingerprint density at radius 1 is 0.935 bits per heavy atom. The van der Waals surface area contributed by atoms with Gasteiger partial charge in [-0.25, -0.2) is 0 Å². The zero-order valence-corrected chi connectivity index (χ0v) is 18.0. The average Bonchev–Trinajstić information content (AvgIpc) is 3.11. The van der Waals surface area contributed by atoms with E-state index in [2.05, 4.69) is 26.3 Å². The van der Waals surface area contributed by atoms with E-state index >= 15 is 0 Å². The monoisotopic (exact) mass is 440 g/mol. The molecule has 1 saturated heterocycles. The largest absolute Gasteiger partial charge is 0.368 e. The smallest absolute Gasteiger partial charge is 0.241 e. The summed E-state index contributed by atoms with van der Waals surface area (Å²) in [5.41, 5.74) is 8.42. The first-order chi connectivity index (χ1) is 14.8. The average molecular weight is 441 g/mol. The molecule has 0 bridgehead atoms. The third-order valence-corrected chi connectivity index (χ3v) is 5.38. The summed E-state index contributed by atoms with van der Waals surface area (Å²) < 4.78 is 0. The lowest BCUT2D eigenvalue weighted by molar-refractivity contribution is -0.118. The van der Waals surface area contributed by atoms with Gasteiger partial charge in [0.25, 0.3) is 0 Å². The van der Waals surface area contributed by atoms with E-state index in [0.29, 0.717) is 23.0 Å². The number of hydrogen-bond donors (Lipinski definition) is 5. The van der Waals surface area contributed by atoms with E-state index in [1.165, 1.54) is 25.6 Å². The molecule has 2 unspecified atom stereocenters. The Balaban J connectivity index is 1.63. The van der Waals surface area contributed by atoms with Gasteiger partial charge < -0.3 is 21.7 Å². The molecule has 162 valence electrons. The molecule has 1 heterocycles. The van der Waals surface area contributed by atoms with Crippen molar-refractivity contribution >= 4 is 51.6 Å². The van der Waals surface area contributed by atoms with Crippen molar-refractivity contribution in [3.8, 4) is 0 Å². The van der Waals surface area contributed by atoms with Crippen LogP contribution in [0.15, 0.2) is 53.5 Å².